The van der Waals surface area contributed by atoms with E-state index in [-0.39, 0.29) is 5.91 Å². The molecule has 0 aliphatic carbocycles. The first-order valence-electron chi connectivity index (χ1n) is 7.52. The standard InChI is InChI=1S/C18H18N4O2/c1-22-12-15(11-21-22)17-8-13(6-7-19-17)10-20-18(23)14-4-3-5-16(9-14)24-2/h3-9,11-12H,10H2,1-2H3,(H,20,23). The predicted molar refractivity (Wildman–Crippen MR) is 90.6 cm³/mol. The summed E-state index contributed by atoms with van der Waals surface area (Å²) < 4.78 is 6.87. The molecule has 0 aliphatic rings. The van der Waals surface area contributed by atoms with E-state index >= 15 is 0 Å². The average molecular weight is 322 g/mol. The lowest BCUT2D eigenvalue weighted by Gasteiger charge is -2.07. The molecule has 0 saturated carbocycles. The predicted octanol–water partition coefficient (Wildman–Crippen LogP) is 2.42. The molecule has 0 unspecified atom stereocenters. The molecule has 0 saturated heterocycles. The lowest BCUT2D eigenvalue weighted by Crippen LogP contribution is -2.22. The van der Waals surface area contributed by atoms with Crippen molar-refractivity contribution in [2.24, 2.45) is 7.05 Å². The Hall–Kier alpha value is -3.15. The lowest BCUT2D eigenvalue weighted by molar-refractivity contribution is 0.0950. The number of ether oxygens (including phenoxy) is 1. The van der Waals surface area contributed by atoms with Crippen molar-refractivity contribution < 1.29 is 9.53 Å². The number of nitrogens with zero attached hydrogens (tertiary/aromatic N) is 3. The minimum Gasteiger partial charge on any atom is -0.497 e. The Kier molecular flexibility index (Phi) is 4.56. The topological polar surface area (TPSA) is 69.0 Å². The van der Waals surface area contributed by atoms with E-state index in [0.29, 0.717) is 17.9 Å². The van der Waals surface area contributed by atoms with Gasteiger partial charge in [-0.25, -0.2) is 0 Å². The number of rotatable bonds is 5. The van der Waals surface area contributed by atoms with Crippen molar-refractivity contribution in [2.45, 2.75) is 6.54 Å². The van der Waals surface area contributed by atoms with Crippen LogP contribution in [0.2, 0.25) is 0 Å². The monoisotopic (exact) mass is 322 g/mol. The van der Waals surface area contributed by atoms with E-state index in [9.17, 15) is 4.79 Å². The molecular formula is C18H18N4O2. The number of aryl methyl sites for hydroxylation is 1. The van der Waals surface area contributed by atoms with Crippen LogP contribution >= 0.6 is 0 Å². The molecule has 0 radical (unpaired) electrons. The molecule has 3 rings (SSSR count). The van der Waals surface area contributed by atoms with E-state index < -0.39 is 0 Å². The molecular weight excluding hydrogens is 304 g/mol. The van der Waals surface area contributed by atoms with E-state index in [1.54, 1.807) is 48.5 Å². The molecule has 0 aliphatic heterocycles. The van der Waals surface area contributed by atoms with Crippen LogP contribution in [0, 0.1) is 0 Å². The first-order chi connectivity index (χ1) is 11.7. The number of aromatic nitrogens is 3. The second-order valence-corrected chi connectivity index (χ2v) is 5.37. The van der Waals surface area contributed by atoms with Gasteiger partial charge in [-0.1, -0.05) is 6.07 Å². The Labute approximate surface area is 140 Å². The Morgan fingerprint density at radius 1 is 1.29 bits per heavy atom. The first kappa shape index (κ1) is 15.7. The number of nitrogens with one attached hydrogen (secondary N) is 1. The molecule has 1 amide bonds. The summed E-state index contributed by atoms with van der Waals surface area (Å²) in [6.45, 7) is 0.422. The number of carbonyl (C=O) groups is 1. The van der Waals surface area contributed by atoms with E-state index in [2.05, 4.69) is 15.4 Å². The summed E-state index contributed by atoms with van der Waals surface area (Å²) in [5.74, 6) is 0.513. The third kappa shape index (κ3) is 3.60. The Bertz CT molecular complexity index is 857. The minimum absolute atomic E-state index is 0.145. The van der Waals surface area contributed by atoms with Gasteiger partial charge in [0.15, 0.2) is 0 Å². The molecule has 0 spiro atoms. The van der Waals surface area contributed by atoms with Gasteiger partial charge >= 0.3 is 0 Å². The van der Waals surface area contributed by atoms with E-state index in [0.717, 1.165) is 16.8 Å². The molecule has 122 valence electrons. The highest BCUT2D eigenvalue weighted by atomic mass is 16.5. The van der Waals surface area contributed by atoms with Gasteiger partial charge in [-0.2, -0.15) is 5.10 Å². The molecule has 2 heterocycles. The van der Waals surface area contributed by atoms with Crippen molar-refractivity contribution in [3.05, 3.63) is 66.1 Å². The lowest BCUT2D eigenvalue weighted by atomic mass is 10.1. The summed E-state index contributed by atoms with van der Waals surface area (Å²) in [7, 11) is 3.44. The van der Waals surface area contributed by atoms with Crippen molar-refractivity contribution in [1.82, 2.24) is 20.1 Å². The van der Waals surface area contributed by atoms with Gasteiger partial charge in [0.1, 0.15) is 5.75 Å². The highest BCUT2D eigenvalue weighted by molar-refractivity contribution is 5.94. The number of amides is 1. The number of methoxy groups -OCH3 is 1. The van der Waals surface area contributed by atoms with Gasteiger partial charge < -0.3 is 10.1 Å². The van der Waals surface area contributed by atoms with Crippen LogP contribution in [0.1, 0.15) is 15.9 Å². The van der Waals surface area contributed by atoms with Crippen molar-refractivity contribution in [3.63, 3.8) is 0 Å². The van der Waals surface area contributed by atoms with Crippen LogP contribution in [0.15, 0.2) is 55.0 Å². The maximum atomic E-state index is 12.2. The van der Waals surface area contributed by atoms with Crippen LogP contribution in [0.5, 0.6) is 5.75 Å². The SMILES string of the molecule is COc1cccc(C(=O)NCc2ccnc(-c3cnn(C)c3)c2)c1. The summed E-state index contributed by atoms with van der Waals surface area (Å²) in [5, 5.41) is 7.06. The molecule has 6 heteroatoms. The maximum Gasteiger partial charge on any atom is 0.251 e. The van der Waals surface area contributed by atoms with Crippen molar-refractivity contribution in [3.8, 4) is 17.0 Å². The van der Waals surface area contributed by atoms with Crippen molar-refractivity contribution >= 4 is 5.91 Å². The normalized spacial score (nSPS) is 10.4. The summed E-state index contributed by atoms with van der Waals surface area (Å²) in [6, 6.07) is 10.9. The van der Waals surface area contributed by atoms with Crippen LogP contribution in [-0.2, 0) is 13.6 Å². The molecule has 0 atom stereocenters. The van der Waals surface area contributed by atoms with Crippen LogP contribution in [0.3, 0.4) is 0 Å². The quantitative estimate of drug-likeness (QED) is 0.783. The molecule has 24 heavy (non-hydrogen) atoms. The van der Waals surface area contributed by atoms with Gasteiger partial charge in [-0.05, 0) is 35.9 Å². The van der Waals surface area contributed by atoms with Gasteiger partial charge in [0.2, 0.25) is 0 Å². The zero-order valence-electron chi connectivity index (χ0n) is 13.6. The molecule has 0 fully saturated rings. The Morgan fingerprint density at radius 3 is 2.92 bits per heavy atom. The van der Waals surface area contributed by atoms with Crippen molar-refractivity contribution in [1.29, 1.82) is 0 Å². The maximum absolute atomic E-state index is 12.2. The third-order valence-electron chi connectivity index (χ3n) is 3.61. The van der Waals surface area contributed by atoms with Crippen molar-refractivity contribution in [2.75, 3.05) is 7.11 Å². The number of pyridine rings is 1. The third-order valence-corrected chi connectivity index (χ3v) is 3.61. The Balaban J connectivity index is 1.69. The zero-order valence-corrected chi connectivity index (χ0v) is 13.6. The van der Waals surface area contributed by atoms with Gasteiger partial charge in [0.25, 0.3) is 5.91 Å². The second kappa shape index (κ2) is 6.95. The van der Waals surface area contributed by atoms with Crippen LogP contribution < -0.4 is 10.1 Å². The summed E-state index contributed by atoms with van der Waals surface area (Å²) in [4.78, 5) is 16.6. The number of hydrogen-bond donors (Lipinski definition) is 1. The van der Waals surface area contributed by atoms with Gasteiger partial charge in [-0.3, -0.25) is 14.5 Å². The van der Waals surface area contributed by atoms with Crippen LogP contribution in [0.25, 0.3) is 11.3 Å². The number of carbonyl (C=O) groups excluding carboxylic acids is 1. The smallest absolute Gasteiger partial charge is 0.251 e. The summed E-state index contributed by atoms with van der Waals surface area (Å²) in [6.07, 6.45) is 5.40. The fourth-order valence-corrected chi connectivity index (χ4v) is 2.34. The van der Waals surface area contributed by atoms with E-state index in [4.69, 9.17) is 4.74 Å². The zero-order chi connectivity index (χ0) is 16.9. The molecule has 3 aromatic rings. The highest BCUT2D eigenvalue weighted by Crippen LogP contribution is 2.17. The molecule has 1 aromatic carbocycles. The average Bonchev–Trinajstić information content (AvgIpc) is 3.06. The molecule has 2 aromatic heterocycles. The molecule has 6 nitrogen and oxygen atoms in total. The molecule has 0 bridgehead atoms. The summed E-state index contributed by atoms with van der Waals surface area (Å²) in [5.41, 5.74) is 3.31. The fourth-order valence-electron chi connectivity index (χ4n) is 2.34. The largest absolute Gasteiger partial charge is 0.497 e. The first-order valence-corrected chi connectivity index (χ1v) is 7.52. The second-order valence-electron chi connectivity index (χ2n) is 5.37. The highest BCUT2D eigenvalue weighted by Gasteiger charge is 2.08. The van der Waals surface area contributed by atoms with E-state index in [1.165, 1.54) is 0 Å². The Morgan fingerprint density at radius 2 is 2.17 bits per heavy atom. The summed E-state index contributed by atoms with van der Waals surface area (Å²) >= 11 is 0. The van der Waals surface area contributed by atoms with Gasteiger partial charge in [0.05, 0.1) is 19.0 Å². The van der Waals surface area contributed by atoms with Gasteiger partial charge in [-0.15, -0.1) is 0 Å². The van der Waals surface area contributed by atoms with Crippen LogP contribution in [-0.4, -0.2) is 27.8 Å². The van der Waals surface area contributed by atoms with Gasteiger partial charge in [0, 0.05) is 37.1 Å². The fraction of sp³-hybridized carbons (Fsp3) is 0.167. The number of benzene rings is 1. The molecule has 1 N–H and O–H groups in total. The number of hydrogen-bond acceptors (Lipinski definition) is 4. The minimum atomic E-state index is -0.145. The van der Waals surface area contributed by atoms with E-state index in [1.807, 2.05) is 25.4 Å². The van der Waals surface area contributed by atoms with Crippen LogP contribution in [0.4, 0.5) is 0 Å².